The van der Waals surface area contributed by atoms with Gasteiger partial charge in [0.1, 0.15) is 11.8 Å². The number of carbonyl (C=O) groups excluding carboxylic acids is 2. The van der Waals surface area contributed by atoms with Crippen molar-refractivity contribution < 1.29 is 24.2 Å². The van der Waals surface area contributed by atoms with Crippen LogP contribution in [0, 0.1) is 20.8 Å². The molecule has 1 heterocycles. The Morgan fingerprint density at radius 2 is 1.76 bits per heavy atom. The summed E-state index contributed by atoms with van der Waals surface area (Å²) >= 11 is 0. The number of hydrogen-bond acceptors (Lipinski definition) is 4. The maximum absolute atomic E-state index is 12.7. The van der Waals surface area contributed by atoms with E-state index in [0.29, 0.717) is 35.4 Å². The van der Waals surface area contributed by atoms with Crippen LogP contribution in [0.3, 0.4) is 0 Å². The minimum Gasteiger partial charge on any atom is -0.481 e. The van der Waals surface area contributed by atoms with Gasteiger partial charge in [-0.2, -0.15) is 0 Å². The lowest BCUT2D eigenvalue weighted by Gasteiger charge is -2.18. The average molecular weight is 396 g/mol. The van der Waals surface area contributed by atoms with E-state index in [4.69, 9.17) is 9.84 Å². The van der Waals surface area contributed by atoms with Crippen molar-refractivity contribution in [2.75, 3.05) is 18.1 Å². The number of aryl methyl sites for hydroxylation is 3. The highest BCUT2D eigenvalue weighted by Gasteiger charge is 2.33. The Balaban J connectivity index is 1.69. The third-order valence-electron chi connectivity index (χ3n) is 4.92. The fourth-order valence-corrected chi connectivity index (χ4v) is 3.48. The number of carboxylic acid groups (broad SMARTS) is 1. The van der Waals surface area contributed by atoms with Gasteiger partial charge in [0.15, 0.2) is 6.61 Å². The standard InChI is InChI=1S/C22H24N2O5/c1-13-4-6-17(7-5-13)24-9-8-18(22(24)28)23-21(27)16-10-14(2)20(15(3)11-16)29-12-19(25)26/h4-7,10-11,18H,8-9,12H2,1-3H3,(H,23,27)(H,25,26). The van der Waals surface area contributed by atoms with Crippen LogP contribution in [0.5, 0.6) is 5.75 Å². The average Bonchev–Trinajstić information content (AvgIpc) is 3.01. The number of ether oxygens (including phenoxy) is 1. The van der Waals surface area contributed by atoms with Crippen LogP contribution in [0.2, 0.25) is 0 Å². The first-order chi connectivity index (χ1) is 13.8. The molecule has 0 aromatic heterocycles. The summed E-state index contributed by atoms with van der Waals surface area (Å²) < 4.78 is 5.29. The van der Waals surface area contributed by atoms with Gasteiger partial charge in [-0.3, -0.25) is 9.59 Å². The lowest BCUT2D eigenvalue weighted by molar-refractivity contribution is -0.139. The SMILES string of the molecule is Cc1ccc(N2CCC(NC(=O)c3cc(C)c(OCC(=O)O)c(C)c3)C2=O)cc1. The van der Waals surface area contributed by atoms with Crippen LogP contribution in [0.1, 0.15) is 33.5 Å². The molecule has 2 aromatic rings. The fourth-order valence-electron chi connectivity index (χ4n) is 3.48. The third kappa shape index (κ3) is 4.56. The highest BCUT2D eigenvalue weighted by atomic mass is 16.5. The Bertz CT molecular complexity index is 929. The molecule has 3 rings (SSSR count). The molecule has 7 heteroatoms. The van der Waals surface area contributed by atoms with E-state index in [1.165, 1.54) is 0 Å². The van der Waals surface area contributed by atoms with Crippen molar-refractivity contribution in [3.63, 3.8) is 0 Å². The van der Waals surface area contributed by atoms with Gasteiger partial charge in [0.25, 0.3) is 5.91 Å². The highest BCUT2D eigenvalue weighted by molar-refractivity contribution is 6.04. The van der Waals surface area contributed by atoms with Crippen LogP contribution in [0.25, 0.3) is 0 Å². The minimum atomic E-state index is -1.07. The van der Waals surface area contributed by atoms with Gasteiger partial charge in [-0.1, -0.05) is 17.7 Å². The van der Waals surface area contributed by atoms with Crippen LogP contribution in [0.4, 0.5) is 5.69 Å². The molecular weight excluding hydrogens is 372 g/mol. The second-order valence-corrected chi connectivity index (χ2v) is 7.26. The van der Waals surface area contributed by atoms with Crippen LogP contribution >= 0.6 is 0 Å². The molecule has 1 atom stereocenters. The van der Waals surface area contributed by atoms with E-state index in [9.17, 15) is 14.4 Å². The molecule has 0 saturated carbocycles. The summed E-state index contributed by atoms with van der Waals surface area (Å²) in [6, 6.07) is 10.4. The molecule has 152 valence electrons. The van der Waals surface area contributed by atoms with E-state index in [0.717, 1.165) is 11.3 Å². The predicted octanol–water partition coefficient (Wildman–Crippen LogP) is 2.61. The first-order valence-electron chi connectivity index (χ1n) is 9.41. The summed E-state index contributed by atoms with van der Waals surface area (Å²) in [5.74, 6) is -1.09. The maximum Gasteiger partial charge on any atom is 0.341 e. The highest BCUT2D eigenvalue weighted by Crippen LogP contribution is 2.26. The third-order valence-corrected chi connectivity index (χ3v) is 4.92. The zero-order valence-corrected chi connectivity index (χ0v) is 16.7. The summed E-state index contributed by atoms with van der Waals surface area (Å²) in [5.41, 5.74) is 3.67. The minimum absolute atomic E-state index is 0.128. The Morgan fingerprint density at radius 3 is 2.34 bits per heavy atom. The van der Waals surface area contributed by atoms with Gasteiger partial charge in [-0.25, -0.2) is 4.79 Å². The van der Waals surface area contributed by atoms with E-state index in [-0.39, 0.29) is 11.8 Å². The maximum atomic E-state index is 12.7. The molecule has 0 radical (unpaired) electrons. The van der Waals surface area contributed by atoms with Crippen LogP contribution in [-0.2, 0) is 9.59 Å². The van der Waals surface area contributed by atoms with E-state index >= 15 is 0 Å². The summed E-state index contributed by atoms with van der Waals surface area (Å²) in [4.78, 5) is 37.8. The summed E-state index contributed by atoms with van der Waals surface area (Å²) in [6.45, 7) is 5.59. The molecule has 0 bridgehead atoms. The smallest absolute Gasteiger partial charge is 0.341 e. The largest absolute Gasteiger partial charge is 0.481 e. The Morgan fingerprint density at radius 1 is 1.14 bits per heavy atom. The van der Waals surface area contributed by atoms with E-state index in [1.54, 1.807) is 30.9 Å². The topological polar surface area (TPSA) is 95.9 Å². The zero-order chi connectivity index (χ0) is 21.1. The van der Waals surface area contributed by atoms with E-state index in [2.05, 4.69) is 5.32 Å². The number of hydrogen-bond donors (Lipinski definition) is 2. The second kappa shape index (κ2) is 8.34. The Kier molecular flexibility index (Phi) is 5.87. The van der Waals surface area contributed by atoms with Gasteiger partial charge in [0.2, 0.25) is 5.91 Å². The van der Waals surface area contributed by atoms with Crippen LogP contribution < -0.4 is 15.0 Å². The summed E-state index contributed by atoms with van der Waals surface area (Å²) in [7, 11) is 0. The molecule has 0 aliphatic carbocycles. The van der Waals surface area contributed by atoms with Crippen molar-refractivity contribution >= 4 is 23.5 Å². The fraction of sp³-hybridized carbons (Fsp3) is 0.318. The zero-order valence-electron chi connectivity index (χ0n) is 16.7. The number of amides is 2. The molecule has 1 unspecified atom stereocenters. The predicted molar refractivity (Wildman–Crippen MR) is 108 cm³/mol. The number of nitrogens with one attached hydrogen (secondary N) is 1. The van der Waals surface area contributed by atoms with E-state index in [1.807, 2.05) is 31.2 Å². The van der Waals surface area contributed by atoms with Gasteiger partial charge in [0.05, 0.1) is 0 Å². The molecular formula is C22H24N2O5. The Labute approximate surface area is 169 Å². The number of nitrogens with zero attached hydrogens (tertiary/aromatic N) is 1. The van der Waals surface area contributed by atoms with Gasteiger partial charge in [-0.05, 0) is 62.6 Å². The number of rotatable bonds is 6. The van der Waals surface area contributed by atoms with Gasteiger partial charge >= 0.3 is 5.97 Å². The molecule has 0 spiro atoms. The number of carbonyl (C=O) groups is 3. The second-order valence-electron chi connectivity index (χ2n) is 7.26. The molecule has 1 aliphatic heterocycles. The van der Waals surface area contributed by atoms with Crippen molar-refractivity contribution in [2.24, 2.45) is 0 Å². The normalized spacial score (nSPS) is 16.0. The van der Waals surface area contributed by atoms with Crippen molar-refractivity contribution in [3.05, 3.63) is 58.7 Å². The molecule has 7 nitrogen and oxygen atoms in total. The van der Waals surface area contributed by atoms with Crippen LogP contribution in [0.15, 0.2) is 36.4 Å². The monoisotopic (exact) mass is 396 g/mol. The molecule has 1 saturated heterocycles. The molecule has 2 aromatic carbocycles. The molecule has 2 N–H and O–H groups in total. The molecule has 2 amide bonds. The lowest BCUT2D eigenvalue weighted by Crippen LogP contribution is -2.41. The van der Waals surface area contributed by atoms with Gasteiger partial charge in [0, 0.05) is 17.8 Å². The van der Waals surface area contributed by atoms with E-state index < -0.39 is 18.6 Å². The number of aliphatic carboxylic acids is 1. The van der Waals surface area contributed by atoms with Crippen molar-refractivity contribution in [3.8, 4) is 5.75 Å². The first-order valence-corrected chi connectivity index (χ1v) is 9.41. The molecule has 1 fully saturated rings. The summed E-state index contributed by atoms with van der Waals surface area (Å²) in [6.07, 6.45) is 0.538. The molecule has 29 heavy (non-hydrogen) atoms. The lowest BCUT2D eigenvalue weighted by atomic mass is 10.0. The molecule has 1 aliphatic rings. The van der Waals surface area contributed by atoms with Crippen LogP contribution in [-0.4, -0.2) is 42.1 Å². The van der Waals surface area contributed by atoms with Crippen molar-refractivity contribution in [2.45, 2.75) is 33.2 Å². The Hall–Kier alpha value is -3.35. The number of carboxylic acids is 1. The van der Waals surface area contributed by atoms with Crippen molar-refractivity contribution in [1.29, 1.82) is 0 Å². The van der Waals surface area contributed by atoms with Gasteiger partial charge in [-0.15, -0.1) is 0 Å². The number of anilines is 1. The quantitative estimate of drug-likeness (QED) is 0.783. The number of benzene rings is 2. The first kappa shape index (κ1) is 20.4. The van der Waals surface area contributed by atoms with Gasteiger partial charge < -0.3 is 20.1 Å². The summed E-state index contributed by atoms with van der Waals surface area (Å²) in [5, 5.41) is 11.6. The van der Waals surface area contributed by atoms with Crippen molar-refractivity contribution in [1.82, 2.24) is 5.32 Å².